The summed E-state index contributed by atoms with van der Waals surface area (Å²) in [6.45, 7) is 2.30. The van der Waals surface area contributed by atoms with Gasteiger partial charge in [0.15, 0.2) is 0 Å². The van der Waals surface area contributed by atoms with E-state index >= 15 is 0 Å². The van der Waals surface area contributed by atoms with Gasteiger partial charge < -0.3 is 0 Å². The monoisotopic (exact) mass is 343 g/mol. The number of hydrogen-bond acceptors (Lipinski definition) is 1. The van der Waals surface area contributed by atoms with Crippen LogP contribution in [0.2, 0.25) is 0 Å². The van der Waals surface area contributed by atoms with E-state index in [0.29, 0.717) is 5.92 Å². The predicted molar refractivity (Wildman–Crippen MR) is 106 cm³/mol. The minimum absolute atomic E-state index is 0.381. The third-order valence-corrected chi connectivity index (χ3v) is 8.05. The molecule has 0 aromatic rings. The molecule has 0 amide bonds. The Morgan fingerprint density at radius 2 is 1.36 bits per heavy atom. The molecular formula is C24H41N. The topological polar surface area (TPSA) is 23.8 Å². The highest BCUT2D eigenvalue weighted by Crippen LogP contribution is 2.53. The lowest BCUT2D eigenvalue weighted by molar-refractivity contribution is 0.00278. The number of nitriles is 1. The van der Waals surface area contributed by atoms with E-state index in [1.807, 2.05) is 0 Å². The van der Waals surface area contributed by atoms with Gasteiger partial charge in [-0.1, -0.05) is 64.7 Å². The zero-order chi connectivity index (χ0) is 17.5. The summed E-state index contributed by atoms with van der Waals surface area (Å²) in [5, 5.41) is 9.26. The van der Waals surface area contributed by atoms with Gasteiger partial charge in [0.2, 0.25) is 0 Å². The molecule has 0 spiro atoms. The van der Waals surface area contributed by atoms with Crippen LogP contribution in [0.25, 0.3) is 0 Å². The second-order valence-corrected chi connectivity index (χ2v) is 9.65. The van der Waals surface area contributed by atoms with Crippen LogP contribution in [0.1, 0.15) is 110 Å². The molecule has 0 heterocycles. The minimum Gasteiger partial charge on any atom is -0.198 e. The van der Waals surface area contributed by atoms with Crippen molar-refractivity contribution in [3.8, 4) is 6.07 Å². The quantitative estimate of drug-likeness (QED) is 0.418. The summed E-state index contributed by atoms with van der Waals surface area (Å²) in [5.41, 5.74) is 0. The highest BCUT2D eigenvalue weighted by atomic mass is 14.5. The average molecular weight is 344 g/mol. The Hall–Kier alpha value is -0.510. The number of rotatable bonds is 8. The van der Waals surface area contributed by atoms with Crippen LogP contribution in [0.4, 0.5) is 0 Å². The lowest BCUT2D eigenvalue weighted by Gasteiger charge is -2.50. The molecule has 3 fully saturated rings. The second-order valence-electron chi connectivity index (χ2n) is 9.65. The first-order chi connectivity index (χ1) is 12.3. The van der Waals surface area contributed by atoms with Crippen LogP contribution in [-0.4, -0.2) is 0 Å². The lowest BCUT2D eigenvalue weighted by Crippen LogP contribution is -2.41. The maximum absolute atomic E-state index is 9.26. The second kappa shape index (κ2) is 9.99. The maximum Gasteiger partial charge on any atom is 0.0655 e. The zero-order valence-electron chi connectivity index (χ0n) is 16.7. The summed E-state index contributed by atoms with van der Waals surface area (Å²) in [6.07, 6.45) is 23.0. The van der Waals surface area contributed by atoms with Crippen molar-refractivity contribution in [2.45, 2.75) is 110 Å². The Balaban J connectivity index is 1.35. The molecule has 0 aromatic heterocycles. The first kappa shape index (κ1) is 19.3. The molecule has 0 aromatic carbocycles. The molecule has 0 aliphatic heterocycles. The molecule has 0 N–H and O–H groups in total. The summed E-state index contributed by atoms with van der Waals surface area (Å²) in [6, 6.07) is 2.56. The normalized spacial score (nSPS) is 37.8. The van der Waals surface area contributed by atoms with Gasteiger partial charge in [0.25, 0.3) is 0 Å². The Morgan fingerprint density at radius 1 is 0.720 bits per heavy atom. The van der Waals surface area contributed by atoms with Crippen LogP contribution in [0.3, 0.4) is 0 Å². The summed E-state index contributed by atoms with van der Waals surface area (Å²) in [4.78, 5) is 0. The summed E-state index contributed by atoms with van der Waals surface area (Å²) >= 11 is 0. The van der Waals surface area contributed by atoms with E-state index in [4.69, 9.17) is 0 Å². The van der Waals surface area contributed by atoms with Gasteiger partial charge in [0.05, 0.1) is 6.07 Å². The number of fused-ring (bicyclic) bond motifs is 3. The molecule has 6 atom stereocenters. The molecule has 1 heteroatoms. The van der Waals surface area contributed by atoms with E-state index < -0.39 is 0 Å². The summed E-state index contributed by atoms with van der Waals surface area (Å²) < 4.78 is 0. The van der Waals surface area contributed by atoms with Gasteiger partial charge >= 0.3 is 0 Å². The van der Waals surface area contributed by atoms with E-state index in [2.05, 4.69) is 13.0 Å². The molecule has 3 aliphatic rings. The van der Waals surface area contributed by atoms with Crippen LogP contribution >= 0.6 is 0 Å². The van der Waals surface area contributed by atoms with Gasteiger partial charge in [-0.3, -0.25) is 0 Å². The largest absolute Gasteiger partial charge is 0.198 e. The molecule has 3 aliphatic carbocycles. The van der Waals surface area contributed by atoms with Crippen molar-refractivity contribution < 1.29 is 0 Å². The molecule has 0 bridgehead atoms. The Labute approximate surface area is 157 Å². The molecule has 142 valence electrons. The molecule has 3 saturated carbocycles. The van der Waals surface area contributed by atoms with E-state index in [-0.39, 0.29) is 0 Å². The van der Waals surface area contributed by atoms with Crippen LogP contribution in [0, 0.1) is 46.8 Å². The van der Waals surface area contributed by atoms with E-state index in [1.165, 1.54) is 96.3 Å². The highest BCUT2D eigenvalue weighted by molar-refractivity contribution is 4.98. The standard InChI is InChI=1S/C24H41N/c1-2-3-4-5-6-7-8-9-19-10-14-23-21(16-19)12-13-22-17-20(18-25)11-15-24(22)23/h19-24H,2-17H2,1H3/t19-,20-,21?,22?,23?,24?/m0/s1. The van der Waals surface area contributed by atoms with Crippen LogP contribution < -0.4 is 0 Å². The van der Waals surface area contributed by atoms with E-state index in [0.717, 1.165) is 29.6 Å². The predicted octanol–water partition coefficient (Wildman–Crippen LogP) is 7.51. The lowest BCUT2D eigenvalue weighted by atomic mass is 9.55. The Kier molecular flexibility index (Phi) is 7.69. The molecule has 25 heavy (non-hydrogen) atoms. The van der Waals surface area contributed by atoms with Gasteiger partial charge in [-0.2, -0.15) is 5.26 Å². The molecule has 0 saturated heterocycles. The van der Waals surface area contributed by atoms with Crippen molar-refractivity contribution in [3.05, 3.63) is 0 Å². The van der Waals surface area contributed by atoms with Crippen LogP contribution in [-0.2, 0) is 0 Å². The third kappa shape index (κ3) is 5.24. The number of nitrogens with zero attached hydrogens (tertiary/aromatic N) is 1. The summed E-state index contributed by atoms with van der Waals surface area (Å²) in [5.74, 6) is 5.39. The maximum atomic E-state index is 9.26. The van der Waals surface area contributed by atoms with Gasteiger partial charge in [-0.05, 0) is 74.5 Å². The third-order valence-electron chi connectivity index (χ3n) is 8.05. The molecule has 4 unspecified atom stereocenters. The van der Waals surface area contributed by atoms with Crippen molar-refractivity contribution in [1.29, 1.82) is 5.26 Å². The SMILES string of the molecule is CCCCCCCCC[C@H]1CCC2C(CCC3C[C@@H](C#N)CCC32)C1. The van der Waals surface area contributed by atoms with Gasteiger partial charge in [-0.15, -0.1) is 0 Å². The Bertz CT molecular complexity index is 422. The fourth-order valence-electron chi connectivity index (χ4n) is 6.66. The Morgan fingerprint density at radius 3 is 2.08 bits per heavy atom. The zero-order valence-corrected chi connectivity index (χ0v) is 16.7. The smallest absolute Gasteiger partial charge is 0.0655 e. The van der Waals surface area contributed by atoms with Crippen LogP contribution in [0.5, 0.6) is 0 Å². The highest BCUT2D eigenvalue weighted by Gasteiger charge is 2.44. The molecule has 0 radical (unpaired) electrons. The number of hydrogen-bond donors (Lipinski definition) is 0. The first-order valence-corrected chi connectivity index (χ1v) is 11.7. The molecule has 3 rings (SSSR count). The minimum atomic E-state index is 0.381. The average Bonchev–Trinajstić information content (AvgIpc) is 2.66. The van der Waals surface area contributed by atoms with Gasteiger partial charge in [0, 0.05) is 5.92 Å². The summed E-state index contributed by atoms with van der Waals surface area (Å²) in [7, 11) is 0. The number of unbranched alkanes of at least 4 members (excludes halogenated alkanes) is 6. The van der Waals surface area contributed by atoms with Crippen molar-refractivity contribution in [2.75, 3.05) is 0 Å². The fraction of sp³-hybridized carbons (Fsp3) is 0.958. The van der Waals surface area contributed by atoms with Crippen LogP contribution in [0.15, 0.2) is 0 Å². The molecular weight excluding hydrogens is 302 g/mol. The van der Waals surface area contributed by atoms with Crippen molar-refractivity contribution >= 4 is 0 Å². The molecule has 1 nitrogen and oxygen atoms in total. The first-order valence-electron chi connectivity index (χ1n) is 11.7. The van der Waals surface area contributed by atoms with Gasteiger partial charge in [-0.25, -0.2) is 0 Å². The van der Waals surface area contributed by atoms with E-state index in [1.54, 1.807) is 6.42 Å². The van der Waals surface area contributed by atoms with Crippen molar-refractivity contribution in [2.24, 2.45) is 35.5 Å². The van der Waals surface area contributed by atoms with Crippen molar-refractivity contribution in [1.82, 2.24) is 0 Å². The fourth-order valence-corrected chi connectivity index (χ4v) is 6.66. The van der Waals surface area contributed by atoms with E-state index in [9.17, 15) is 5.26 Å². The van der Waals surface area contributed by atoms with Gasteiger partial charge in [0.1, 0.15) is 0 Å². The van der Waals surface area contributed by atoms with Crippen molar-refractivity contribution in [3.63, 3.8) is 0 Å².